The number of nitrogens with zero attached hydrogens (tertiary/aromatic N) is 2. The van der Waals surface area contributed by atoms with Gasteiger partial charge in [-0.25, -0.2) is 14.4 Å². The largest absolute Gasteiger partial charge is 0.324 e. The molecule has 0 fully saturated rings. The van der Waals surface area contributed by atoms with Crippen molar-refractivity contribution in [3.05, 3.63) is 77.4 Å². The first kappa shape index (κ1) is 16.6. The van der Waals surface area contributed by atoms with Crippen LogP contribution >= 0.6 is 0 Å². The lowest BCUT2D eigenvalue weighted by Gasteiger charge is -2.10. The SMILES string of the molecule is Cc1ccc(NC(=O)c2ccnc(Nc3cccc(F)c3)n2)c(C)c1. The van der Waals surface area contributed by atoms with E-state index in [4.69, 9.17) is 0 Å². The number of carbonyl (C=O) groups is 1. The Morgan fingerprint density at radius 1 is 1.08 bits per heavy atom. The number of aryl methyl sites for hydroxylation is 2. The highest BCUT2D eigenvalue weighted by Gasteiger charge is 2.11. The summed E-state index contributed by atoms with van der Waals surface area (Å²) in [4.78, 5) is 20.7. The Balaban J connectivity index is 1.77. The zero-order chi connectivity index (χ0) is 17.8. The maximum atomic E-state index is 13.2. The average molecular weight is 336 g/mol. The van der Waals surface area contributed by atoms with Crippen LogP contribution in [0, 0.1) is 19.7 Å². The zero-order valence-corrected chi connectivity index (χ0v) is 13.9. The summed E-state index contributed by atoms with van der Waals surface area (Å²) in [7, 11) is 0. The lowest BCUT2D eigenvalue weighted by molar-refractivity contribution is 0.102. The monoisotopic (exact) mass is 336 g/mol. The second kappa shape index (κ2) is 7.09. The van der Waals surface area contributed by atoms with E-state index in [0.717, 1.165) is 16.8 Å². The van der Waals surface area contributed by atoms with Crippen LogP contribution in [0.1, 0.15) is 21.6 Å². The Hall–Kier alpha value is -3.28. The molecule has 0 aliphatic heterocycles. The molecule has 3 rings (SSSR count). The molecular formula is C19H17FN4O. The highest BCUT2D eigenvalue weighted by Crippen LogP contribution is 2.18. The molecule has 1 aromatic heterocycles. The van der Waals surface area contributed by atoms with Crippen molar-refractivity contribution in [2.75, 3.05) is 10.6 Å². The van der Waals surface area contributed by atoms with Crippen molar-refractivity contribution in [1.29, 1.82) is 0 Å². The summed E-state index contributed by atoms with van der Waals surface area (Å²) < 4.78 is 13.2. The molecule has 0 atom stereocenters. The van der Waals surface area contributed by atoms with Crippen molar-refractivity contribution >= 4 is 23.2 Å². The Bertz CT molecular complexity index is 927. The fourth-order valence-corrected chi connectivity index (χ4v) is 2.38. The van der Waals surface area contributed by atoms with Crippen LogP contribution in [0.3, 0.4) is 0 Å². The van der Waals surface area contributed by atoms with E-state index >= 15 is 0 Å². The van der Waals surface area contributed by atoms with E-state index in [-0.39, 0.29) is 23.4 Å². The Kier molecular flexibility index (Phi) is 4.70. The van der Waals surface area contributed by atoms with Gasteiger partial charge >= 0.3 is 0 Å². The fraction of sp³-hybridized carbons (Fsp3) is 0.105. The van der Waals surface area contributed by atoms with Gasteiger partial charge in [-0.2, -0.15) is 0 Å². The van der Waals surface area contributed by atoms with Crippen LogP contribution in [-0.2, 0) is 0 Å². The van der Waals surface area contributed by atoms with Crippen molar-refractivity contribution in [2.45, 2.75) is 13.8 Å². The van der Waals surface area contributed by atoms with Crippen molar-refractivity contribution < 1.29 is 9.18 Å². The van der Waals surface area contributed by atoms with Crippen LogP contribution in [0.5, 0.6) is 0 Å². The van der Waals surface area contributed by atoms with Gasteiger partial charge < -0.3 is 10.6 Å². The van der Waals surface area contributed by atoms with E-state index in [0.29, 0.717) is 5.69 Å². The Morgan fingerprint density at radius 2 is 1.92 bits per heavy atom. The number of aromatic nitrogens is 2. The van der Waals surface area contributed by atoms with E-state index in [1.807, 2.05) is 32.0 Å². The van der Waals surface area contributed by atoms with Crippen LogP contribution in [0.4, 0.5) is 21.7 Å². The third-order valence-corrected chi connectivity index (χ3v) is 3.60. The molecule has 0 radical (unpaired) electrons. The van der Waals surface area contributed by atoms with E-state index in [1.54, 1.807) is 12.1 Å². The predicted molar refractivity (Wildman–Crippen MR) is 95.6 cm³/mol. The molecule has 3 aromatic rings. The molecule has 5 nitrogen and oxygen atoms in total. The maximum absolute atomic E-state index is 13.2. The average Bonchev–Trinajstić information content (AvgIpc) is 2.57. The molecule has 0 saturated carbocycles. The van der Waals surface area contributed by atoms with Crippen LogP contribution in [0.15, 0.2) is 54.7 Å². The van der Waals surface area contributed by atoms with Crippen LogP contribution < -0.4 is 10.6 Å². The van der Waals surface area contributed by atoms with Crippen molar-refractivity contribution in [3.63, 3.8) is 0 Å². The first-order chi connectivity index (χ1) is 12.0. The zero-order valence-electron chi connectivity index (χ0n) is 13.9. The summed E-state index contributed by atoms with van der Waals surface area (Å²) in [5, 5.41) is 5.72. The minimum absolute atomic E-state index is 0.217. The van der Waals surface area contributed by atoms with Gasteiger partial charge in [0.2, 0.25) is 5.95 Å². The number of halogens is 1. The van der Waals surface area contributed by atoms with Gasteiger partial charge in [-0.15, -0.1) is 0 Å². The molecule has 1 heterocycles. The Morgan fingerprint density at radius 3 is 2.68 bits per heavy atom. The van der Waals surface area contributed by atoms with Crippen LogP contribution in [-0.4, -0.2) is 15.9 Å². The molecule has 0 bridgehead atoms. The van der Waals surface area contributed by atoms with Gasteiger partial charge in [0.15, 0.2) is 0 Å². The minimum Gasteiger partial charge on any atom is -0.324 e. The number of hydrogen-bond donors (Lipinski definition) is 2. The molecule has 2 aromatic carbocycles. The van der Waals surface area contributed by atoms with Gasteiger partial charge in [0, 0.05) is 17.6 Å². The van der Waals surface area contributed by atoms with E-state index in [9.17, 15) is 9.18 Å². The topological polar surface area (TPSA) is 66.9 Å². The summed E-state index contributed by atoms with van der Waals surface area (Å²) in [6, 6.07) is 13.2. The van der Waals surface area contributed by atoms with E-state index in [2.05, 4.69) is 20.6 Å². The summed E-state index contributed by atoms with van der Waals surface area (Å²) in [6.45, 7) is 3.92. The summed E-state index contributed by atoms with van der Waals surface area (Å²) in [5.74, 6) is -0.482. The maximum Gasteiger partial charge on any atom is 0.274 e. The number of nitrogens with one attached hydrogen (secondary N) is 2. The van der Waals surface area contributed by atoms with E-state index in [1.165, 1.54) is 24.4 Å². The van der Waals surface area contributed by atoms with Crippen molar-refractivity contribution in [2.24, 2.45) is 0 Å². The van der Waals surface area contributed by atoms with Crippen LogP contribution in [0.25, 0.3) is 0 Å². The lowest BCUT2D eigenvalue weighted by atomic mass is 10.1. The fourth-order valence-electron chi connectivity index (χ4n) is 2.38. The van der Waals surface area contributed by atoms with Gasteiger partial charge in [-0.05, 0) is 49.7 Å². The van der Waals surface area contributed by atoms with E-state index < -0.39 is 0 Å². The molecule has 126 valence electrons. The van der Waals surface area contributed by atoms with Crippen molar-refractivity contribution in [1.82, 2.24) is 9.97 Å². The predicted octanol–water partition coefficient (Wildman–Crippen LogP) is 4.23. The summed E-state index contributed by atoms with van der Waals surface area (Å²) >= 11 is 0. The first-order valence-electron chi connectivity index (χ1n) is 7.75. The second-order valence-electron chi connectivity index (χ2n) is 5.67. The quantitative estimate of drug-likeness (QED) is 0.748. The standard InChI is InChI=1S/C19H17FN4O/c1-12-6-7-16(13(2)10-12)23-18(25)17-8-9-21-19(24-17)22-15-5-3-4-14(20)11-15/h3-11H,1-2H3,(H,23,25)(H,21,22,24). The highest BCUT2D eigenvalue weighted by atomic mass is 19.1. The summed E-state index contributed by atoms with van der Waals surface area (Å²) in [6.07, 6.45) is 1.48. The molecule has 6 heteroatoms. The molecule has 0 aliphatic carbocycles. The third-order valence-electron chi connectivity index (χ3n) is 3.60. The third kappa shape index (κ3) is 4.17. The molecular weight excluding hydrogens is 319 g/mol. The number of carbonyl (C=O) groups excluding carboxylic acids is 1. The molecule has 0 saturated heterocycles. The van der Waals surface area contributed by atoms with Gasteiger partial charge in [-0.1, -0.05) is 23.8 Å². The van der Waals surface area contributed by atoms with Crippen LogP contribution in [0.2, 0.25) is 0 Å². The second-order valence-corrected chi connectivity index (χ2v) is 5.67. The number of benzene rings is 2. The van der Waals surface area contributed by atoms with Gasteiger partial charge in [0.25, 0.3) is 5.91 Å². The minimum atomic E-state index is -0.367. The number of rotatable bonds is 4. The molecule has 2 N–H and O–H groups in total. The smallest absolute Gasteiger partial charge is 0.274 e. The van der Waals surface area contributed by atoms with Crippen molar-refractivity contribution in [3.8, 4) is 0 Å². The first-order valence-corrected chi connectivity index (χ1v) is 7.75. The lowest BCUT2D eigenvalue weighted by Crippen LogP contribution is -2.15. The number of hydrogen-bond acceptors (Lipinski definition) is 4. The van der Waals surface area contributed by atoms with Gasteiger partial charge in [0.1, 0.15) is 11.5 Å². The molecule has 25 heavy (non-hydrogen) atoms. The number of anilines is 3. The molecule has 1 amide bonds. The Labute approximate surface area is 145 Å². The number of amides is 1. The normalized spacial score (nSPS) is 10.4. The van der Waals surface area contributed by atoms with Gasteiger partial charge in [0.05, 0.1) is 0 Å². The molecule has 0 spiro atoms. The van der Waals surface area contributed by atoms with Gasteiger partial charge in [-0.3, -0.25) is 4.79 Å². The molecule has 0 aliphatic rings. The molecule has 0 unspecified atom stereocenters. The highest BCUT2D eigenvalue weighted by molar-refractivity contribution is 6.03. The summed E-state index contributed by atoms with van der Waals surface area (Å²) in [5.41, 5.74) is 3.55.